The number of hydrogen-bond acceptors (Lipinski definition) is 3. The molecule has 0 aliphatic heterocycles. The standard InChI is InChI=1S/C16H11Cl3FN3/c1-8(17)9-2-3-10(18)14(20)15(9)22-12-6-7-21-11-4-5-13(19)23-16(11)12/h2-8H,1H3,(H,21,22)/t8-/m0/s1. The Balaban J connectivity index is 2.16. The van der Waals surface area contributed by atoms with Crippen molar-refractivity contribution in [2.24, 2.45) is 0 Å². The van der Waals surface area contributed by atoms with E-state index in [1.165, 1.54) is 6.07 Å². The third kappa shape index (κ3) is 3.20. The van der Waals surface area contributed by atoms with Crippen LogP contribution in [-0.2, 0) is 0 Å². The van der Waals surface area contributed by atoms with Crippen molar-refractivity contribution in [1.82, 2.24) is 9.97 Å². The molecule has 1 N–H and O–H groups in total. The minimum atomic E-state index is -0.566. The van der Waals surface area contributed by atoms with E-state index in [2.05, 4.69) is 15.3 Å². The second-order valence-electron chi connectivity index (χ2n) is 4.93. The van der Waals surface area contributed by atoms with Crippen LogP contribution < -0.4 is 5.32 Å². The molecule has 118 valence electrons. The van der Waals surface area contributed by atoms with Gasteiger partial charge in [-0.1, -0.05) is 29.3 Å². The number of nitrogens with zero attached hydrogens (tertiary/aromatic N) is 2. The number of benzene rings is 1. The summed E-state index contributed by atoms with van der Waals surface area (Å²) in [6, 6.07) is 8.25. The Morgan fingerprint density at radius 3 is 2.65 bits per heavy atom. The molecule has 0 aliphatic rings. The first-order valence-corrected chi connectivity index (χ1v) is 7.97. The Hall–Kier alpha value is -1.62. The number of rotatable bonds is 3. The van der Waals surface area contributed by atoms with Crippen LogP contribution >= 0.6 is 34.8 Å². The second-order valence-corrected chi connectivity index (χ2v) is 6.38. The summed E-state index contributed by atoms with van der Waals surface area (Å²) in [6.07, 6.45) is 1.60. The zero-order valence-corrected chi connectivity index (χ0v) is 14.2. The molecule has 0 spiro atoms. The molecule has 3 aromatic rings. The minimum Gasteiger partial charge on any atom is -0.351 e. The molecule has 0 saturated heterocycles. The smallest absolute Gasteiger partial charge is 0.165 e. The van der Waals surface area contributed by atoms with E-state index >= 15 is 0 Å². The van der Waals surface area contributed by atoms with Crippen LogP contribution in [-0.4, -0.2) is 9.97 Å². The summed E-state index contributed by atoms with van der Waals surface area (Å²) >= 11 is 18.0. The largest absolute Gasteiger partial charge is 0.351 e. The molecule has 0 saturated carbocycles. The molecular formula is C16H11Cl3FN3. The van der Waals surface area contributed by atoms with Crippen LogP contribution in [0.25, 0.3) is 11.0 Å². The van der Waals surface area contributed by atoms with Crippen molar-refractivity contribution in [2.45, 2.75) is 12.3 Å². The van der Waals surface area contributed by atoms with Crippen molar-refractivity contribution in [1.29, 1.82) is 0 Å². The summed E-state index contributed by atoms with van der Waals surface area (Å²) in [4.78, 5) is 8.47. The summed E-state index contributed by atoms with van der Waals surface area (Å²) < 4.78 is 14.5. The fourth-order valence-corrected chi connectivity index (χ4v) is 2.75. The van der Waals surface area contributed by atoms with Crippen LogP contribution in [0, 0.1) is 5.82 Å². The van der Waals surface area contributed by atoms with Gasteiger partial charge in [0.05, 0.1) is 27.3 Å². The van der Waals surface area contributed by atoms with Crippen molar-refractivity contribution in [3.63, 3.8) is 0 Å². The molecule has 0 radical (unpaired) electrons. The zero-order valence-electron chi connectivity index (χ0n) is 11.9. The number of aromatic nitrogens is 2. The Bertz CT molecular complexity index is 884. The molecule has 0 amide bonds. The molecule has 2 heterocycles. The number of halogens is 4. The van der Waals surface area contributed by atoms with E-state index in [0.717, 1.165) is 0 Å². The zero-order chi connectivity index (χ0) is 16.6. The Labute approximate surface area is 147 Å². The minimum absolute atomic E-state index is 0.0120. The van der Waals surface area contributed by atoms with Crippen molar-refractivity contribution >= 4 is 57.2 Å². The van der Waals surface area contributed by atoms with E-state index in [1.807, 2.05) is 0 Å². The number of alkyl halides is 1. The van der Waals surface area contributed by atoms with Crippen molar-refractivity contribution in [3.8, 4) is 0 Å². The second kappa shape index (κ2) is 6.48. The maximum Gasteiger partial charge on any atom is 0.165 e. The molecule has 3 rings (SSSR count). The van der Waals surface area contributed by atoms with E-state index in [4.69, 9.17) is 34.8 Å². The molecule has 2 aromatic heterocycles. The molecule has 0 fully saturated rings. The van der Waals surface area contributed by atoms with Gasteiger partial charge < -0.3 is 5.32 Å². The first kappa shape index (κ1) is 16.2. The summed E-state index contributed by atoms with van der Waals surface area (Å²) in [5.74, 6) is -0.566. The highest BCUT2D eigenvalue weighted by Gasteiger charge is 2.17. The third-order valence-corrected chi connectivity index (χ3v) is 4.10. The van der Waals surface area contributed by atoms with Crippen LogP contribution in [0.5, 0.6) is 0 Å². The fourth-order valence-electron chi connectivity index (χ4n) is 2.26. The SMILES string of the molecule is C[C@H](Cl)c1ccc(Cl)c(F)c1Nc1ccnc2ccc(Cl)nc12. The number of hydrogen-bond donors (Lipinski definition) is 1. The lowest BCUT2D eigenvalue weighted by atomic mass is 10.1. The summed E-state index contributed by atoms with van der Waals surface area (Å²) in [7, 11) is 0. The quantitative estimate of drug-likeness (QED) is 0.446. The van der Waals surface area contributed by atoms with Gasteiger partial charge in [0.1, 0.15) is 10.7 Å². The molecule has 0 aliphatic carbocycles. The van der Waals surface area contributed by atoms with E-state index < -0.39 is 11.2 Å². The first-order chi connectivity index (χ1) is 11.0. The maximum absolute atomic E-state index is 14.5. The lowest BCUT2D eigenvalue weighted by molar-refractivity contribution is 0.630. The monoisotopic (exact) mass is 369 g/mol. The number of fused-ring (bicyclic) bond motifs is 1. The fraction of sp³-hybridized carbons (Fsp3) is 0.125. The molecule has 0 unspecified atom stereocenters. The molecule has 1 atom stereocenters. The average Bonchev–Trinajstić information content (AvgIpc) is 2.52. The third-order valence-electron chi connectivity index (χ3n) is 3.37. The van der Waals surface area contributed by atoms with Gasteiger partial charge in [-0.05, 0) is 36.8 Å². The van der Waals surface area contributed by atoms with Crippen molar-refractivity contribution < 1.29 is 4.39 Å². The van der Waals surface area contributed by atoms with Gasteiger partial charge in [0, 0.05) is 6.20 Å². The van der Waals surface area contributed by atoms with Gasteiger partial charge in [-0.3, -0.25) is 4.98 Å². The topological polar surface area (TPSA) is 37.8 Å². The van der Waals surface area contributed by atoms with Crippen LogP contribution in [0.15, 0.2) is 36.5 Å². The van der Waals surface area contributed by atoms with Gasteiger partial charge in [0.15, 0.2) is 5.82 Å². The van der Waals surface area contributed by atoms with Crippen LogP contribution in [0.3, 0.4) is 0 Å². The maximum atomic E-state index is 14.5. The lowest BCUT2D eigenvalue weighted by Crippen LogP contribution is -2.02. The van der Waals surface area contributed by atoms with Crippen LogP contribution in [0.4, 0.5) is 15.8 Å². The average molecular weight is 371 g/mol. The lowest BCUT2D eigenvalue weighted by Gasteiger charge is -2.16. The van der Waals surface area contributed by atoms with Gasteiger partial charge >= 0.3 is 0 Å². The van der Waals surface area contributed by atoms with Crippen molar-refractivity contribution in [3.05, 3.63) is 58.1 Å². The van der Waals surface area contributed by atoms with Gasteiger partial charge in [0.2, 0.25) is 0 Å². The van der Waals surface area contributed by atoms with E-state index in [1.54, 1.807) is 37.4 Å². The summed E-state index contributed by atoms with van der Waals surface area (Å²) in [5.41, 5.74) is 2.56. The molecule has 1 aromatic carbocycles. The Morgan fingerprint density at radius 2 is 1.91 bits per heavy atom. The van der Waals surface area contributed by atoms with Crippen LogP contribution in [0.1, 0.15) is 17.9 Å². The molecular weight excluding hydrogens is 360 g/mol. The highest BCUT2D eigenvalue weighted by atomic mass is 35.5. The highest BCUT2D eigenvalue weighted by Crippen LogP contribution is 2.36. The van der Waals surface area contributed by atoms with Crippen molar-refractivity contribution in [2.75, 3.05) is 5.32 Å². The van der Waals surface area contributed by atoms with E-state index in [9.17, 15) is 4.39 Å². The van der Waals surface area contributed by atoms with Crippen LogP contribution in [0.2, 0.25) is 10.2 Å². The van der Waals surface area contributed by atoms with Gasteiger partial charge in [-0.2, -0.15) is 0 Å². The highest BCUT2D eigenvalue weighted by molar-refractivity contribution is 6.31. The summed E-state index contributed by atoms with van der Waals surface area (Å²) in [5, 5.41) is 2.97. The number of nitrogens with one attached hydrogen (secondary N) is 1. The molecule has 23 heavy (non-hydrogen) atoms. The Kier molecular flexibility index (Phi) is 4.57. The number of anilines is 2. The van der Waals surface area contributed by atoms with Gasteiger partial charge in [0.25, 0.3) is 0 Å². The molecule has 7 heteroatoms. The first-order valence-electron chi connectivity index (χ1n) is 6.77. The number of pyridine rings is 2. The molecule has 0 bridgehead atoms. The predicted molar refractivity (Wildman–Crippen MR) is 93.5 cm³/mol. The Morgan fingerprint density at radius 1 is 1.13 bits per heavy atom. The normalized spacial score (nSPS) is 12.4. The molecule has 3 nitrogen and oxygen atoms in total. The van der Waals surface area contributed by atoms with Gasteiger partial charge in [-0.15, -0.1) is 11.6 Å². The van der Waals surface area contributed by atoms with E-state index in [0.29, 0.717) is 27.4 Å². The summed E-state index contributed by atoms with van der Waals surface area (Å²) in [6.45, 7) is 1.76. The predicted octanol–water partition coefficient (Wildman–Crippen LogP) is 6.12. The van der Waals surface area contributed by atoms with Gasteiger partial charge in [-0.25, -0.2) is 9.37 Å². The van der Waals surface area contributed by atoms with E-state index in [-0.39, 0.29) is 10.7 Å².